The molecule has 0 radical (unpaired) electrons. The summed E-state index contributed by atoms with van der Waals surface area (Å²) in [6, 6.07) is 2.99. The summed E-state index contributed by atoms with van der Waals surface area (Å²) in [5.74, 6) is -2.11. The molecule has 0 spiro atoms. The van der Waals surface area contributed by atoms with Crippen LogP contribution in [0.5, 0.6) is 5.75 Å². The number of aromatic hydroxyl groups is 1. The van der Waals surface area contributed by atoms with Crippen molar-refractivity contribution in [2.75, 3.05) is 0 Å². The number of benzene rings is 1. The zero-order chi connectivity index (χ0) is 15.1. The molecule has 5 nitrogen and oxygen atoms in total. The van der Waals surface area contributed by atoms with Gasteiger partial charge in [-0.15, -0.1) is 0 Å². The minimum absolute atomic E-state index is 0.0329. The Bertz CT molecular complexity index is 682. The molecule has 2 N–H and O–H groups in total. The number of aromatic nitrogens is 2. The number of alkyl halides is 3. The van der Waals surface area contributed by atoms with E-state index >= 15 is 0 Å². The number of aromatic carboxylic acids is 1. The largest absolute Gasteiger partial charge is 0.504 e. The van der Waals surface area contributed by atoms with Crippen molar-refractivity contribution in [3.05, 3.63) is 40.1 Å². The van der Waals surface area contributed by atoms with E-state index in [1.54, 1.807) is 0 Å². The molecule has 0 fully saturated rings. The van der Waals surface area contributed by atoms with Crippen LogP contribution in [0, 0.1) is 0 Å². The number of halogens is 4. The van der Waals surface area contributed by atoms with Crippen molar-refractivity contribution in [2.45, 2.75) is 6.18 Å². The van der Waals surface area contributed by atoms with E-state index in [9.17, 15) is 23.1 Å². The predicted molar refractivity (Wildman–Crippen MR) is 64.9 cm³/mol. The lowest BCUT2D eigenvalue weighted by atomic mass is 10.2. The van der Waals surface area contributed by atoms with Crippen molar-refractivity contribution < 1.29 is 28.2 Å². The maximum Gasteiger partial charge on any atom is 0.416 e. The van der Waals surface area contributed by atoms with Crippen LogP contribution in [0.2, 0.25) is 0 Å². The van der Waals surface area contributed by atoms with Crippen LogP contribution in [0.25, 0.3) is 5.69 Å². The summed E-state index contributed by atoms with van der Waals surface area (Å²) in [6.45, 7) is 0. The second kappa shape index (κ2) is 4.82. The summed E-state index contributed by atoms with van der Waals surface area (Å²) in [4.78, 5) is 10.7. The average molecular weight is 351 g/mol. The summed E-state index contributed by atoms with van der Waals surface area (Å²) in [7, 11) is 0. The fraction of sp³-hybridized carbons (Fsp3) is 0.0909. The molecule has 2 aromatic rings. The second-order valence-corrected chi connectivity index (χ2v) is 4.72. The zero-order valence-corrected chi connectivity index (χ0v) is 11.1. The Balaban J connectivity index is 2.56. The van der Waals surface area contributed by atoms with Crippen LogP contribution in [0.3, 0.4) is 0 Å². The molecule has 0 atom stereocenters. The molecule has 0 aliphatic rings. The van der Waals surface area contributed by atoms with E-state index < -0.39 is 29.2 Å². The van der Waals surface area contributed by atoms with Gasteiger partial charge >= 0.3 is 12.1 Å². The Morgan fingerprint density at radius 3 is 2.45 bits per heavy atom. The Hall–Kier alpha value is -2.03. The quantitative estimate of drug-likeness (QED) is 0.872. The molecule has 0 aliphatic heterocycles. The van der Waals surface area contributed by atoms with Gasteiger partial charge in [-0.05, 0) is 18.2 Å². The van der Waals surface area contributed by atoms with Gasteiger partial charge in [-0.25, -0.2) is 9.48 Å². The van der Waals surface area contributed by atoms with E-state index in [2.05, 4.69) is 21.0 Å². The second-order valence-electron chi connectivity index (χ2n) is 3.81. The highest BCUT2D eigenvalue weighted by Crippen LogP contribution is 2.33. The third-order valence-electron chi connectivity index (χ3n) is 2.37. The van der Waals surface area contributed by atoms with Crippen LogP contribution in [0.1, 0.15) is 16.1 Å². The van der Waals surface area contributed by atoms with Gasteiger partial charge in [0.2, 0.25) is 5.69 Å². The van der Waals surface area contributed by atoms with E-state index in [-0.39, 0.29) is 10.2 Å². The Labute approximate surface area is 118 Å². The van der Waals surface area contributed by atoms with Crippen LogP contribution >= 0.6 is 15.9 Å². The molecule has 1 heterocycles. The molecule has 0 saturated heterocycles. The van der Waals surface area contributed by atoms with E-state index in [1.165, 1.54) is 6.07 Å². The van der Waals surface area contributed by atoms with E-state index in [4.69, 9.17) is 5.11 Å². The molecule has 0 amide bonds. The fourth-order valence-corrected chi connectivity index (χ4v) is 2.00. The lowest BCUT2D eigenvalue weighted by Gasteiger charge is -2.09. The van der Waals surface area contributed by atoms with Crippen LogP contribution in [0.15, 0.2) is 28.9 Å². The average Bonchev–Trinajstić information content (AvgIpc) is 2.69. The first-order chi connectivity index (χ1) is 9.18. The number of carboxylic acid groups (broad SMARTS) is 1. The standard InChI is InChI=1S/C11H6BrF3N2O3/c12-6-1-5(11(13,14)15)2-7(3-6)17-4-8(18)9(16-17)10(19)20/h1-4,18H,(H,19,20). The third kappa shape index (κ3) is 2.77. The van der Waals surface area contributed by atoms with Crippen molar-refractivity contribution in [3.63, 3.8) is 0 Å². The normalized spacial score (nSPS) is 11.6. The third-order valence-corrected chi connectivity index (χ3v) is 2.83. The number of carbonyl (C=O) groups is 1. The van der Waals surface area contributed by atoms with Gasteiger partial charge in [-0.2, -0.15) is 18.3 Å². The maximum atomic E-state index is 12.7. The van der Waals surface area contributed by atoms with Crippen molar-refractivity contribution in [3.8, 4) is 11.4 Å². The summed E-state index contributed by atoms with van der Waals surface area (Å²) in [6.07, 6.45) is -3.63. The lowest BCUT2D eigenvalue weighted by molar-refractivity contribution is -0.137. The van der Waals surface area contributed by atoms with E-state index in [0.717, 1.165) is 23.0 Å². The van der Waals surface area contributed by atoms with Gasteiger partial charge in [-0.3, -0.25) is 0 Å². The number of hydrogen-bond donors (Lipinski definition) is 2. The topological polar surface area (TPSA) is 75.3 Å². The summed E-state index contributed by atoms with van der Waals surface area (Å²) in [5.41, 5.74) is -1.60. The first-order valence-electron chi connectivity index (χ1n) is 5.08. The number of rotatable bonds is 2. The molecule has 0 aliphatic carbocycles. The van der Waals surface area contributed by atoms with Crippen molar-refractivity contribution in [2.24, 2.45) is 0 Å². The summed E-state index contributed by atoms with van der Waals surface area (Å²) >= 11 is 2.94. The first kappa shape index (κ1) is 14.4. The molecule has 20 heavy (non-hydrogen) atoms. The van der Waals surface area contributed by atoms with E-state index in [1.807, 2.05) is 0 Å². The number of nitrogens with zero attached hydrogens (tertiary/aromatic N) is 2. The minimum Gasteiger partial charge on any atom is -0.504 e. The van der Waals surface area contributed by atoms with Gasteiger partial charge in [0, 0.05) is 4.47 Å². The summed E-state index contributed by atoms with van der Waals surface area (Å²) < 4.78 is 39.1. The Morgan fingerprint density at radius 2 is 1.95 bits per heavy atom. The van der Waals surface area contributed by atoms with Gasteiger partial charge in [0.1, 0.15) is 0 Å². The molecular weight excluding hydrogens is 345 g/mol. The van der Waals surface area contributed by atoms with Gasteiger partial charge in [0.15, 0.2) is 5.75 Å². The Kier molecular flexibility index (Phi) is 3.46. The van der Waals surface area contributed by atoms with Crippen LogP contribution < -0.4 is 0 Å². The molecule has 0 saturated carbocycles. The maximum absolute atomic E-state index is 12.7. The minimum atomic E-state index is -4.55. The van der Waals surface area contributed by atoms with E-state index in [0.29, 0.717) is 0 Å². The fourth-order valence-electron chi connectivity index (χ4n) is 1.52. The predicted octanol–water partition coefficient (Wildman–Crippen LogP) is 3.06. The van der Waals surface area contributed by atoms with Crippen molar-refractivity contribution in [1.29, 1.82) is 0 Å². The van der Waals surface area contributed by atoms with Gasteiger partial charge in [0.05, 0.1) is 17.4 Å². The highest BCUT2D eigenvalue weighted by atomic mass is 79.9. The highest BCUT2D eigenvalue weighted by Gasteiger charge is 2.31. The van der Waals surface area contributed by atoms with Crippen LogP contribution in [0.4, 0.5) is 13.2 Å². The van der Waals surface area contributed by atoms with Gasteiger partial charge in [-0.1, -0.05) is 15.9 Å². The van der Waals surface area contributed by atoms with Crippen LogP contribution in [-0.2, 0) is 6.18 Å². The lowest BCUT2D eigenvalue weighted by Crippen LogP contribution is -2.07. The molecular formula is C11H6BrF3N2O3. The van der Waals surface area contributed by atoms with Gasteiger partial charge < -0.3 is 10.2 Å². The molecule has 106 valence electrons. The number of hydrogen-bond acceptors (Lipinski definition) is 3. The molecule has 0 unspecified atom stereocenters. The smallest absolute Gasteiger partial charge is 0.416 e. The molecule has 9 heteroatoms. The number of carboxylic acids is 1. The SMILES string of the molecule is O=C(O)c1nn(-c2cc(Br)cc(C(F)(F)F)c2)cc1O. The molecule has 0 bridgehead atoms. The van der Waals surface area contributed by atoms with Crippen molar-refractivity contribution >= 4 is 21.9 Å². The Morgan fingerprint density at radius 1 is 1.30 bits per heavy atom. The summed E-state index contributed by atoms with van der Waals surface area (Å²) in [5, 5.41) is 21.6. The first-order valence-corrected chi connectivity index (χ1v) is 5.88. The van der Waals surface area contributed by atoms with Gasteiger partial charge in [0.25, 0.3) is 0 Å². The van der Waals surface area contributed by atoms with Crippen LogP contribution in [-0.4, -0.2) is 26.0 Å². The molecule has 1 aromatic heterocycles. The molecule has 2 rings (SSSR count). The monoisotopic (exact) mass is 350 g/mol. The molecule has 1 aromatic carbocycles. The van der Waals surface area contributed by atoms with Crippen molar-refractivity contribution in [1.82, 2.24) is 9.78 Å². The highest BCUT2D eigenvalue weighted by molar-refractivity contribution is 9.10. The zero-order valence-electron chi connectivity index (χ0n) is 9.52.